The minimum atomic E-state index is -1.09. The van der Waals surface area contributed by atoms with Crippen molar-refractivity contribution in [2.75, 3.05) is 13.6 Å². The Morgan fingerprint density at radius 2 is 2.33 bits per heavy atom. The van der Waals surface area contributed by atoms with Gasteiger partial charge in [-0.25, -0.2) is 0 Å². The number of hydrogen-bond donors (Lipinski definition) is 1. The van der Waals surface area contributed by atoms with Gasteiger partial charge in [0.2, 0.25) is 0 Å². The van der Waals surface area contributed by atoms with Crippen LogP contribution in [0.3, 0.4) is 0 Å². The van der Waals surface area contributed by atoms with Gasteiger partial charge >= 0.3 is 5.97 Å². The summed E-state index contributed by atoms with van der Waals surface area (Å²) >= 11 is 0. The van der Waals surface area contributed by atoms with Gasteiger partial charge in [0.25, 0.3) is 0 Å². The number of ether oxygens (including phenoxy) is 2. The summed E-state index contributed by atoms with van der Waals surface area (Å²) in [6.07, 6.45) is 4.72. The molecule has 0 aromatic heterocycles. The quantitative estimate of drug-likeness (QED) is 0.581. The van der Waals surface area contributed by atoms with E-state index in [9.17, 15) is 9.90 Å². The Kier molecular flexibility index (Phi) is 5.60. The van der Waals surface area contributed by atoms with E-state index in [0.717, 1.165) is 0 Å². The van der Waals surface area contributed by atoms with Gasteiger partial charge in [0.1, 0.15) is 0 Å². The van der Waals surface area contributed by atoms with Crippen molar-refractivity contribution in [3.05, 3.63) is 0 Å². The van der Waals surface area contributed by atoms with Gasteiger partial charge in [0.05, 0.1) is 12.1 Å². The summed E-state index contributed by atoms with van der Waals surface area (Å²) in [5.74, 6) is 2.15. The largest absolute Gasteiger partial charge is 0.455 e. The van der Waals surface area contributed by atoms with Crippen LogP contribution in [-0.4, -0.2) is 54.1 Å². The van der Waals surface area contributed by atoms with Crippen LogP contribution in [0, 0.1) is 12.3 Å². The van der Waals surface area contributed by atoms with Crippen LogP contribution in [0.1, 0.15) is 26.7 Å². The summed E-state index contributed by atoms with van der Waals surface area (Å²) in [7, 11) is 1.91. The Morgan fingerprint density at radius 1 is 1.67 bits per heavy atom. The number of carbonyl (C=O) groups is 1. The maximum atomic E-state index is 11.1. The first kappa shape index (κ1) is 15.0. The molecule has 5 nitrogen and oxygen atoms in total. The molecule has 0 saturated carbocycles. The van der Waals surface area contributed by atoms with Gasteiger partial charge < -0.3 is 14.6 Å². The molecule has 0 aliphatic carbocycles. The van der Waals surface area contributed by atoms with Crippen LogP contribution in [0.5, 0.6) is 0 Å². The topological polar surface area (TPSA) is 59.0 Å². The van der Waals surface area contributed by atoms with E-state index in [1.54, 1.807) is 0 Å². The maximum absolute atomic E-state index is 11.1. The summed E-state index contributed by atoms with van der Waals surface area (Å²) in [4.78, 5) is 13.1. The highest BCUT2D eigenvalue weighted by atomic mass is 16.6. The zero-order valence-electron chi connectivity index (χ0n) is 11.1. The SMILES string of the molecule is C#CCCN(C)[C@H]1C[C@@H](C)O[C@H](O)[C@@H]1OC(C)=O. The van der Waals surface area contributed by atoms with Gasteiger partial charge in [-0.2, -0.15) is 0 Å². The smallest absolute Gasteiger partial charge is 0.303 e. The highest BCUT2D eigenvalue weighted by molar-refractivity contribution is 5.66. The zero-order chi connectivity index (χ0) is 13.7. The Balaban J connectivity index is 2.73. The molecule has 0 amide bonds. The highest BCUT2D eigenvalue weighted by Crippen LogP contribution is 2.25. The summed E-state index contributed by atoms with van der Waals surface area (Å²) < 4.78 is 10.5. The average molecular weight is 255 g/mol. The number of terminal acetylenes is 1. The normalized spacial score (nSPS) is 32.0. The summed E-state index contributed by atoms with van der Waals surface area (Å²) in [6, 6.07) is -0.0824. The van der Waals surface area contributed by atoms with E-state index in [0.29, 0.717) is 19.4 Å². The number of likely N-dealkylation sites (N-methyl/N-ethyl adjacent to an activating group) is 1. The van der Waals surface area contributed by atoms with Crippen molar-refractivity contribution in [3.63, 3.8) is 0 Å². The van der Waals surface area contributed by atoms with Crippen LogP contribution < -0.4 is 0 Å². The molecule has 0 bridgehead atoms. The van der Waals surface area contributed by atoms with Gasteiger partial charge in [-0.3, -0.25) is 9.69 Å². The van der Waals surface area contributed by atoms with E-state index < -0.39 is 18.4 Å². The third-order valence-corrected chi connectivity index (χ3v) is 3.08. The molecule has 0 aromatic carbocycles. The van der Waals surface area contributed by atoms with Crippen LogP contribution in [-0.2, 0) is 14.3 Å². The van der Waals surface area contributed by atoms with Crippen molar-refractivity contribution in [1.82, 2.24) is 4.90 Å². The maximum Gasteiger partial charge on any atom is 0.303 e. The Bertz CT molecular complexity index is 325. The molecule has 1 aliphatic heterocycles. The lowest BCUT2D eigenvalue weighted by Crippen LogP contribution is -2.56. The minimum Gasteiger partial charge on any atom is -0.455 e. The first-order valence-electron chi connectivity index (χ1n) is 6.10. The van der Waals surface area contributed by atoms with Crippen LogP contribution in [0.25, 0.3) is 0 Å². The predicted molar refractivity (Wildman–Crippen MR) is 66.6 cm³/mol. The third kappa shape index (κ3) is 3.98. The Morgan fingerprint density at radius 3 is 2.89 bits per heavy atom. The van der Waals surface area contributed by atoms with Gasteiger partial charge in [0, 0.05) is 19.9 Å². The van der Waals surface area contributed by atoms with Gasteiger partial charge in [-0.1, -0.05) is 0 Å². The molecule has 102 valence electrons. The molecule has 0 radical (unpaired) electrons. The lowest BCUT2D eigenvalue weighted by molar-refractivity contribution is -0.241. The molecule has 0 spiro atoms. The second kappa shape index (κ2) is 6.74. The first-order valence-corrected chi connectivity index (χ1v) is 6.10. The second-order valence-corrected chi connectivity index (χ2v) is 4.65. The molecule has 4 atom stereocenters. The molecule has 0 unspecified atom stereocenters. The lowest BCUT2D eigenvalue weighted by Gasteiger charge is -2.41. The fourth-order valence-corrected chi connectivity index (χ4v) is 2.20. The molecule has 18 heavy (non-hydrogen) atoms. The number of esters is 1. The number of nitrogens with zero attached hydrogens (tertiary/aromatic N) is 1. The van der Waals surface area contributed by atoms with Crippen molar-refractivity contribution in [1.29, 1.82) is 0 Å². The number of aliphatic hydroxyl groups is 1. The molecule has 0 aromatic rings. The van der Waals surface area contributed by atoms with Crippen LogP contribution >= 0.6 is 0 Å². The van der Waals surface area contributed by atoms with Gasteiger partial charge in [0.15, 0.2) is 12.4 Å². The summed E-state index contributed by atoms with van der Waals surface area (Å²) in [5.41, 5.74) is 0. The van der Waals surface area contributed by atoms with Crippen molar-refractivity contribution in [2.45, 2.75) is 51.2 Å². The second-order valence-electron chi connectivity index (χ2n) is 4.65. The fourth-order valence-electron chi connectivity index (χ4n) is 2.20. The van der Waals surface area contributed by atoms with E-state index >= 15 is 0 Å². The van der Waals surface area contributed by atoms with E-state index in [1.165, 1.54) is 6.92 Å². The zero-order valence-corrected chi connectivity index (χ0v) is 11.1. The van der Waals surface area contributed by atoms with Crippen molar-refractivity contribution < 1.29 is 19.4 Å². The van der Waals surface area contributed by atoms with E-state index in [-0.39, 0.29) is 12.1 Å². The minimum absolute atomic E-state index is 0.0786. The molecule has 1 fully saturated rings. The molecule has 1 heterocycles. The fraction of sp³-hybridized carbons (Fsp3) is 0.769. The number of hydrogen-bond acceptors (Lipinski definition) is 5. The molecule has 1 aliphatic rings. The number of aliphatic hydroxyl groups excluding tert-OH is 1. The highest BCUT2D eigenvalue weighted by Gasteiger charge is 2.40. The molecular weight excluding hydrogens is 234 g/mol. The van der Waals surface area contributed by atoms with Crippen molar-refractivity contribution >= 4 is 5.97 Å². The molecule has 1 saturated heterocycles. The van der Waals surface area contributed by atoms with E-state index in [1.807, 2.05) is 18.9 Å². The standard InChI is InChI=1S/C13H21NO4/c1-5-6-7-14(4)11-8-9(2)17-13(16)12(11)18-10(3)15/h1,9,11-13,16H,6-8H2,2-4H3/t9-,11+,12-,13+/m1/s1. The van der Waals surface area contributed by atoms with Gasteiger partial charge in [-0.05, 0) is 20.4 Å². The molecule has 1 N–H and O–H groups in total. The van der Waals surface area contributed by atoms with Gasteiger partial charge in [-0.15, -0.1) is 12.3 Å². The number of rotatable bonds is 4. The van der Waals surface area contributed by atoms with Crippen molar-refractivity contribution in [2.24, 2.45) is 0 Å². The predicted octanol–water partition coefficient (Wildman–Crippen LogP) is 0.369. The third-order valence-electron chi connectivity index (χ3n) is 3.08. The van der Waals surface area contributed by atoms with Crippen LogP contribution in [0.4, 0.5) is 0 Å². The van der Waals surface area contributed by atoms with Crippen LogP contribution in [0.15, 0.2) is 0 Å². The Labute approximate surface area is 108 Å². The molecular formula is C13H21NO4. The summed E-state index contributed by atoms with van der Waals surface area (Å²) in [6.45, 7) is 3.90. The molecule has 1 rings (SSSR count). The lowest BCUT2D eigenvalue weighted by atomic mass is 9.98. The van der Waals surface area contributed by atoms with Crippen LogP contribution in [0.2, 0.25) is 0 Å². The van der Waals surface area contributed by atoms with E-state index in [4.69, 9.17) is 15.9 Å². The first-order chi connectivity index (χ1) is 8.45. The summed E-state index contributed by atoms with van der Waals surface area (Å²) in [5, 5.41) is 9.87. The van der Waals surface area contributed by atoms with Crippen molar-refractivity contribution in [3.8, 4) is 12.3 Å². The average Bonchev–Trinajstić information content (AvgIpc) is 2.28. The number of carbonyl (C=O) groups excluding carboxylic acids is 1. The molecule has 5 heteroatoms. The van der Waals surface area contributed by atoms with E-state index in [2.05, 4.69) is 5.92 Å². The monoisotopic (exact) mass is 255 g/mol. The Hall–Kier alpha value is -1.09.